The first-order valence-corrected chi connectivity index (χ1v) is 9.42. The molecule has 2 N–H and O–H groups in total. The second-order valence-corrected chi connectivity index (χ2v) is 6.97. The van der Waals surface area contributed by atoms with Crippen molar-refractivity contribution in [2.24, 2.45) is 0 Å². The maximum atomic E-state index is 12.9. The number of aliphatic hydroxyl groups is 1. The summed E-state index contributed by atoms with van der Waals surface area (Å²) in [5.41, 5.74) is 2.08. The number of carbonyl (C=O) groups excluding carboxylic acids is 2. The van der Waals surface area contributed by atoms with Crippen LogP contribution < -0.4 is 5.32 Å². The zero-order valence-electron chi connectivity index (χ0n) is 16.3. The van der Waals surface area contributed by atoms with Crippen LogP contribution in [0.2, 0.25) is 0 Å². The van der Waals surface area contributed by atoms with Crippen molar-refractivity contribution in [3.8, 4) is 0 Å². The third-order valence-electron chi connectivity index (χ3n) is 4.91. The van der Waals surface area contributed by atoms with Crippen molar-refractivity contribution in [3.05, 3.63) is 72.4 Å². The Bertz CT molecular complexity index is 1030. The van der Waals surface area contributed by atoms with E-state index in [1.54, 1.807) is 12.3 Å². The van der Waals surface area contributed by atoms with Crippen molar-refractivity contribution in [1.82, 2.24) is 9.88 Å². The number of pyridine rings is 1. The molecule has 2 unspecified atom stereocenters. The number of para-hydroxylation sites is 1. The summed E-state index contributed by atoms with van der Waals surface area (Å²) in [4.78, 5) is 31.0. The van der Waals surface area contributed by atoms with Gasteiger partial charge in [0.25, 0.3) is 0 Å². The van der Waals surface area contributed by atoms with Gasteiger partial charge in [0.2, 0.25) is 5.91 Å². The van der Waals surface area contributed by atoms with Crippen molar-refractivity contribution in [2.75, 3.05) is 11.9 Å². The quantitative estimate of drug-likeness (QED) is 0.600. The van der Waals surface area contributed by atoms with E-state index in [0.717, 1.165) is 10.9 Å². The number of aliphatic hydroxyl groups excluding tert-OH is 1. The Morgan fingerprint density at radius 2 is 1.87 bits per heavy atom. The standard InChI is InChI=1S/C22H21N3O4.Y/c26-17-12-19(25(13-17)22(28)29-14-15-6-2-1-3-7-15)21(27)24-18-10-4-8-16-9-5-11-23-20(16)18;/h1-11,17,19,26H,12-14H2,(H,24,27);. The molecule has 0 aliphatic carbocycles. The molecule has 1 radical (unpaired) electrons. The minimum atomic E-state index is -0.813. The number of anilines is 1. The van der Waals surface area contributed by atoms with Crippen LogP contribution in [0.15, 0.2) is 66.9 Å². The molecule has 2 atom stereocenters. The minimum Gasteiger partial charge on any atom is -0.445 e. The van der Waals surface area contributed by atoms with E-state index in [4.69, 9.17) is 4.74 Å². The average molecular weight is 480 g/mol. The number of ether oxygens (including phenoxy) is 1. The Balaban J connectivity index is 0.00000256. The molecule has 151 valence electrons. The van der Waals surface area contributed by atoms with Crippen LogP contribution in [0.1, 0.15) is 12.0 Å². The fourth-order valence-electron chi connectivity index (χ4n) is 3.49. The molecule has 1 fully saturated rings. The summed E-state index contributed by atoms with van der Waals surface area (Å²) in [6.45, 7) is 0.160. The summed E-state index contributed by atoms with van der Waals surface area (Å²) in [5.74, 6) is -0.378. The SMILES string of the molecule is O=C(Nc1cccc2cccnc12)C1CC(O)CN1C(=O)OCc1ccccc1.[Y]. The molecule has 8 heteroatoms. The molecule has 1 aliphatic rings. The van der Waals surface area contributed by atoms with E-state index >= 15 is 0 Å². The van der Waals surface area contributed by atoms with Crippen LogP contribution in [0.25, 0.3) is 10.9 Å². The van der Waals surface area contributed by atoms with E-state index in [1.807, 2.05) is 54.6 Å². The fraction of sp³-hybridized carbons (Fsp3) is 0.227. The summed E-state index contributed by atoms with van der Waals surface area (Å²) in [6.07, 6.45) is 0.414. The number of nitrogens with one attached hydrogen (secondary N) is 1. The van der Waals surface area contributed by atoms with Gasteiger partial charge in [0.15, 0.2) is 0 Å². The third kappa shape index (κ3) is 5.03. The molecular weight excluding hydrogens is 459 g/mol. The maximum absolute atomic E-state index is 12.9. The van der Waals surface area contributed by atoms with Crippen molar-refractivity contribution < 1.29 is 52.1 Å². The molecule has 30 heavy (non-hydrogen) atoms. The summed E-state index contributed by atoms with van der Waals surface area (Å²) in [7, 11) is 0. The van der Waals surface area contributed by atoms with E-state index in [9.17, 15) is 14.7 Å². The van der Waals surface area contributed by atoms with Gasteiger partial charge >= 0.3 is 6.09 Å². The molecule has 0 spiro atoms. The topological polar surface area (TPSA) is 91.8 Å². The Morgan fingerprint density at radius 1 is 1.10 bits per heavy atom. The van der Waals surface area contributed by atoms with Crippen LogP contribution in [0.5, 0.6) is 0 Å². The first-order chi connectivity index (χ1) is 14.1. The number of hydrogen-bond donors (Lipinski definition) is 2. The molecule has 1 saturated heterocycles. The van der Waals surface area contributed by atoms with E-state index in [0.29, 0.717) is 11.2 Å². The van der Waals surface area contributed by atoms with E-state index in [2.05, 4.69) is 10.3 Å². The smallest absolute Gasteiger partial charge is 0.410 e. The van der Waals surface area contributed by atoms with Crippen LogP contribution in [0, 0.1) is 0 Å². The van der Waals surface area contributed by atoms with Crippen molar-refractivity contribution in [2.45, 2.75) is 25.2 Å². The van der Waals surface area contributed by atoms with E-state index < -0.39 is 18.2 Å². The monoisotopic (exact) mass is 480 g/mol. The molecular formula is C22H21N3O4Y. The second-order valence-electron chi connectivity index (χ2n) is 6.97. The van der Waals surface area contributed by atoms with Gasteiger partial charge in [0, 0.05) is 50.7 Å². The number of fused-ring (bicyclic) bond motifs is 1. The molecule has 0 saturated carbocycles. The molecule has 7 nitrogen and oxygen atoms in total. The van der Waals surface area contributed by atoms with Crippen LogP contribution in [-0.2, 0) is 48.8 Å². The van der Waals surface area contributed by atoms with E-state index in [1.165, 1.54) is 4.90 Å². The number of hydrogen-bond acceptors (Lipinski definition) is 5. The number of amides is 2. The summed E-state index contributed by atoms with van der Waals surface area (Å²) in [6, 6.07) is 17.7. The van der Waals surface area contributed by atoms with Crippen molar-refractivity contribution in [3.63, 3.8) is 0 Å². The zero-order chi connectivity index (χ0) is 20.2. The fourth-order valence-corrected chi connectivity index (χ4v) is 3.49. The minimum absolute atomic E-state index is 0. The Labute approximate surface area is 199 Å². The van der Waals surface area contributed by atoms with Gasteiger partial charge in [-0.2, -0.15) is 0 Å². The summed E-state index contributed by atoms with van der Waals surface area (Å²) in [5, 5.41) is 13.8. The Hall–Kier alpha value is -2.35. The van der Waals surface area contributed by atoms with Gasteiger partial charge in [-0.05, 0) is 17.7 Å². The molecule has 2 aromatic carbocycles. The van der Waals surface area contributed by atoms with Gasteiger partial charge in [-0.1, -0.05) is 48.5 Å². The molecule has 2 amide bonds. The molecule has 3 aromatic rings. The normalized spacial score (nSPS) is 18.0. The number of rotatable bonds is 4. The Kier molecular flexibility index (Phi) is 7.53. The maximum Gasteiger partial charge on any atom is 0.410 e. The first kappa shape index (κ1) is 22.3. The molecule has 1 aliphatic heterocycles. The zero-order valence-corrected chi connectivity index (χ0v) is 19.1. The second kappa shape index (κ2) is 10.1. The predicted octanol–water partition coefficient (Wildman–Crippen LogP) is 2.94. The average Bonchev–Trinajstić information content (AvgIpc) is 3.15. The summed E-state index contributed by atoms with van der Waals surface area (Å²) >= 11 is 0. The molecule has 2 heterocycles. The van der Waals surface area contributed by atoms with Crippen LogP contribution in [-0.4, -0.2) is 45.7 Å². The number of carbonyl (C=O) groups is 2. The van der Waals surface area contributed by atoms with Crippen molar-refractivity contribution in [1.29, 1.82) is 0 Å². The number of β-amino-alcohol motifs (C(OH)–C–C–N with tert-alkyl or cyclic N) is 1. The first-order valence-electron chi connectivity index (χ1n) is 9.42. The van der Waals surface area contributed by atoms with Gasteiger partial charge in [0.1, 0.15) is 12.6 Å². The van der Waals surface area contributed by atoms with Gasteiger partial charge in [-0.15, -0.1) is 0 Å². The van der Waals surface area contributed by atoms with Crippen LogP contribution in [0.4, 0.5) is 10.5 Å². The number of nitrogens with zero attached hydrogens (tertiary/aromatic N) is 2. The van der Waals surface area contributed by atoms with E-state index in [-0.39, 0.29) is 58.2 Å². The number of benzene rings is 2. The van der Waals surface area contributed by atoms with Gasteiger partial charge in [-0.3, -0.25) is 14.7 Å². The molecule has 4 rings (SSSR count). The van der Waals surface area contributed by atoms with Gasteiger partial charge in [-0.25, -0.2) is 4.79 Å². The van der Waals surface area contributed by atoms with Crippen LogP contribution >= 0.6 is 0 Å². The molecule has 1 aromatic heterocycles. The predicted molar refractivity (Wildman–Crippen MR) is 108 cm³/mol. The largest absolute Gasteiger partial charge is 0.445 e. The van der Waals surface area contributed by atoms with Gasteiger partial charge < -0.3 is 15.2 Å². The summed E-state index contributed by atoms with van der Waals surface area (Å²) < 4.78 is 5.34. The van der Waals surface area contributed by atoms with Crippen LogP contribution in [0.3, 0.4) is 0 Å². The molecule has 0 bridgehead atoms. The Morgan fingerprint density at radius 3 is 2.67 bits per heavy atom. The third-order valence-corrected chi connectivity index (χ3v) is 4.91. The number of aromatic nitrogens is 1. The van der Waals surface area contributed by atoms with Gasteiger partial charge in [0.05, 0.1) is 23.9 Å². The number of likely N-dealkylation sites (tertiary alicyclic amines) is 1. The van der Waals surface area contributed by atoms with Crippen molar-refractivity contribution >= 4 is 28.6 Å².